The molecule has 3 rings (SSSR count). The minimum atomic E-state index is -1.11. The Kier molecular flexibility index (Phi) is 11.1. The molecule has 0 bridgehead atoms. The third-order valence-corrected chi connectivity index (χ3v) is 9.76. The molecule has 3 fully saturated rings. The van der Waals surface area contributed by atoms with E-state index in [4.69, 9.17) is 5.73 Å². The number of primary amides is 1. The number of Topliss-reactive ketones (excluding diaryl/α,β-unsaturated/α-hetero) is 2. The second-order valence-corrected chi connectivity index (χ2v) is 15.1. The van der Waals surface area contributed by atoms with Crippen molar-refractivity contribution in [3.63, 3.8) is 0 Å². The lowest BCUT2D eigenvalue weighted by Gasteiger charge is -2.37. The minimum absolute atomic E-state index is 0.0112. The third kappa shape index (κ3) is 8.47. The molecule has 44 heavy (non-hydrogen) atoms. The first-order chi connectivity index (χ1) is 20.4. The van der Waals surface area contributed by atoms with Gasteiger partial charge in [0.25, 0.3) is 5.91 Å². The van der Waals surface area contributed by atoms with E-state index in [0.29, 0.717) is 12.8 Å². The van der Waals surface area contributed by atoms with Gasteiger partial charge in [-0.15, -0.1) is 6.58 Å². The van der Waals surface area contributed by atoms with Gasteiger partial charge in [-0.1, -0.05) is 73.8 Å². The van der Waals surface area contributed by atoms with Crippen molar-refractivity contribution in [3.05, 3.63) is 12.7 Å². The summed E-state index contributed by atoms with van der Waals surface area (Å²) in [5, 5.41) is 8.37. The molecule has 11 heteroatoms. The molecule has 0 radical (unpaired) electrons. The van der Waals surface area contributed by atoms with Crippen molar-refractivity contribution in [2.24, 2.45) is 40.2 Å². The van der Waals surface area contributed by atoms with E-state index in [9.17, 15) is 28.8 Å². The van der Waals surface area contributed by atoms with Gasteiger partial charge in [0.15, 0.2) is 5.78 Å². The summed E-state index contributed by atoms with van der Waals surface area (Å²) < 4.78 is 0. The Labute approximate surface area is 261 Å². The number of ketones is 2. The summed E-state index contributed by atoms with van der Waals surface area (Å²) in [6, 6.07) is -4.31. The Morgan fingerprint density at radius 1 is 0.955 bits per heavy atom. The number of hydrogen-bond donors (Lipinski definition) is 4. The lowest BCUT2D eigenvalue weighted by atomic mass is 9.77. The first kappa shape index (κ1) is 35.2. The largest absolute Gasteiger partial charge is 0.363 e. The van der Waals surface area contributed by atoms with E-state index in [1.54, 1.807) is 6.08 Å². The van der Waals surface area contributed by atoms with Gasteiger partial charge in [-0.25, -0.2) is 4.79 Å². The number of urea groups is 1. The third-order valence-electron chi connectivity index (χ3n) is 9.76. The summed E-state index contributed by atoms with van der Waals surface area (Å²) in [5.74, 6) is -3.02. The van der Waals surface area contributed by atoms with Gasteiger partial charge in [0, 0.05) is 12.5 Å². The number of rotatable bonds is 14. The maximum Gasteiger partial charge on any atom is 0.316 e. The highest BCUT2D eigenvalue weighted by Gasteiger charge is 2.48. The number of hydrogen-bond acceptors (Lipinski definition) is 6. The van der Waals surface area contributed by atoms with Gasteiger partial charge < -0.3 is 26.6 Å². The van der Waals surface area contributed by atoms with E-state index in [1.807, 2.05) is 48.5 Å². The average Bonchev–Trinajstić information content (AvgIpc) is 3.59. The maximum atomic E-state index is 14.3. The van der Waals surface area contributed by atoms with Crippen molar-refractivity contribution in [1.82, 2.24) is 20.9 Å². The first-order valence-corrected chi connectivity index (χ1v) is 16.1. The normalized spacial score (nSPS) is 22.8. The lowest BCUT2D eigenvalue weighted by molar-refractivity contribution is -0.143. The second kappa shape index (κ2) is 13.8. The Balaban J connectivity index is 1.85. The van der Waals surface area contributed by atoms with Crippen LogP contribution in [0.3, 0.4) is 0 Å². The van der Waals surface area contributed by atoms with E-state index >= 15 is 0 Å². The zero-order chi connectivity index (χ0) is 33.1. The molecule has 0 aromatic carbocycles. The molecule has 1 saturated heterocycles. The number of likely N-dealkylation sites (tertiary alicyclic amines) is 1. The van der Waals surface area contributed by atoms with Gasteiger partial charge in [-0.3, -0.25) is 24.0 Å². The SMILES string of the molecule is C=CC(C)(C)[C@@H]1C[C@@H](C(=O)NC(CC2CC2)C(=O)C(N)=O)N(C(=O)[C@@H](NC(=O)N[C@H](C(=O)C2CCC2)C(C)C)C(C)(C)C)C1. The minimum Gasteiger partial charge on any atom is -0.363 e. The van der Waals surface area contributed by atoms with Crippen molar-refractivity contribution < 1.29 is 28.8 Å². The van der Waals surface area contributed by atoms with Crippen LogP contribution >= 0.6 is 0 Å². The van der Waals surface area contributed by atoms with Crippen LogP contribution in [0.2, 0.25) is 0 Å². The summed E-state index contributed by atoms with van der Waals surface area (Å²) in [5.41, 5.74) is 4.12. The molecule has 0 spiro atoms. The highest BCUT2D eigenvalue weighted by atomic mass is 16.2. The second-order valence-electron chi connectivity index (χ2n) is 15.1. The number of nitrogens with zero attached hydrogens (tertiary/aromatic N) is 1. The lowest BCUT2D eigenvalue weighted by Crippen LogP contribution is -2.61. The van der Waals surface area contributed by atoms with Gasteiger partial charge >= 0.3 is 6.03 Å². The highest BCUT2D eigenvalue weighted by Crippen LogP contribution is 2.40. The van der Waals surface area contributed by atoms with Crippen LogP contribution in [0.5, 0.6) is 0 Å². The molecule has 0 aromatic heterocycles. The Hall–Kier alpha value is -3.24. The molecule has 1 heterocycles. The molecule has 5 atom stereocenters. The molecule has 2 saturated carbocycles. The molecule has 3 aliphatic rings. The number of carbonyl (C=O) groups is 6. The van der Waals surface area contributed by atoms with Crippen molar-refractivity contribution >= 4 is 35.3 Å². The number of amides is 5. The summed E-state index contributed by atoms with van der Waals surface area (Å²) in [6.45, 7) is 17.4. The van der Waals surface area contributed by atoms with Gasteiger partial charge in [-0.05, 0) is 54.3 Å². The smallest absolute Gasteiger partial charge is 0.316 e. The van der Waals surface area contributed by atoms with Crippen molar-refractivity contribution in [2.75, 3.05) is 6.54 Å². The molecule has 2 aliphatic carbocycles. The van der Waals surface area contributed by atoms with E-state index in [-0.39, 0.29) is 36.0 Å². The molecule has 11 nitrogen and oxygen atoms in total. The summed E-state index contributed by atoms with van der Waals surface area (Å²) >= 11 is 0. The van der Waals surface area contributed by atoms with E-state index in [1.165, 1.54) is 4.90 Å². The molecule has 1 unspecified atom stereocenters. The Morgan fingerprint density at radius 2 is 1.57 bits per heavy atom. The number of carbonyl (C=O) groups excluding carboxylic acids is 6. The van der Waals surface area contributed by atoms with Crippen LogP contribution in [0.15, 0.2) is 12.7 Å². The predicted molar refractivity (Wildman–Crippen MR) is 167 cm³/mol. The van der Waals surface area contributed by atoms with E-state index in [0.717, 1.165) is 32.1 Å². The summed E-state index contributed by atoms with van der Waals surface area (Å²) in [6.07, 6.45) is 6.89. The summed E-state index contributed by atoms with van der Waals surface area (Å²) in [4.78, 5) is 80.2. The number of nitrogens with one attached hydrogen (secondary N) is 3. The fourth-order valence-electron chi connectivity index (χ4n) is 6.03. The van der Waals surface area contributed by atoms with Crippen LogP contribution in [0.1, 0.15) is 93.4 Å². The number of nitrogens with two attached hydrogens (primary N) is 1. The maximum absolute atomic E-state index is 14.3. The zero-order valence-electron chi connectivity index (χ0n) is 27.5. The molecule has 1 aliphatic heterocycles. The molecule has 246 valence electrons. The van der Waals surface area contributed by atoms with Crippen LogP contribution < -0.4 is 21.7 Å². The molecule has 5 amide bonds. The van der Waals surface area contributed by atoms with Crippen molar-refractivity contribution in [2.45, 2.75) is 118 Å². The summed E-state index contributed by atoms with van der Waals surface area (Å²) in [7, 11) is 0. The van der Waals surface area contributed by atoms with Gasteiger partial charge in [-0.2, -0.15) is 0 Å². The standard InChI is InChI=1S/C33H53N5O6/c1-9-33(7,8)21-16-23(29(42)35-22(15-19-13-14-19)26(40)28(34)41)38(17-21)30(43)27(32(4,5)6)37-31(44)36-24(18(2)3)25(39)20-11-10-12-20/h9,18-24,27H,1,10-17H2,2-8H3,(H2,34,41)(H,35,42)(H2,36,37,44)/t21-,22?,23+,24+,27-/m1/s1. The predicted octanol–water partition coefficient (Wildman–Crippen LogP) is 2.86. The van der Waals surface area contributed by atoms with Crippen LogP contribution in [-0.2, 0) is 24.0 Å². The highest BCUT2D eigenvalue weighted by molar-refractivity contribution is 6.37. The Bertz CT molecular complexity index is 1150. The van der Waals surface area contributed by atoms with Crippen molar-refractivity contribution in [3.8, 4) is 0 Å². The van der Waals surface area contributed by atoms with Gasteiger partial charge in [0.05, 0.1) is 12.1 Å². The van der Waals surface area contributed by atoms with E-state index in [2.05, 4.69) is 22.5 Å². The first-order valence-electron chi connectivity index (χ1n) is 16.1. The van der Waals surface area contributed by atoms with Gasteiger partial charge in [0.2, 0.25) is 17.6 Å². The fourth-order valence-corrected chi connectivity index (χ4v) is 6.03. The van der Waals surface area contributed by atoms with Crippen molar-refractivity contribution in [1.29, 1.82) is 0 Å². The fraction of sp³-hybridized carbons (Fsp3) is 0.758. The number of allylic oxidation sites excluding steroid dienone is 1. The van der Waals surface area contributed by atoms with E-state index < -0.39 is 64.5 Å². The van der Waals surface area contributed by atoms with Gasteiger partial charge in [0.1, 0.15) is 12.1 Å². The Morgan fingerprint density at radius 3 is 2.02 bits per heavy atom. The van der Waals surface area contributed by atoms with Crippen LogP contribution in [0.25, 0.3) is 0 Å². The topological polar surface area (TPSA) is 168 Å². The molecular weight excluding hydrogens is 562 g/mol. The molecular formula is C33H53N5O6. The average molecular weight is 616 g/mol. The van der Waals surface area contributed by atoms with Crippen LogP contribution in [0.4, 0.5) is 4.79 Å². The van der Waals surface area contributed by atoms with Crippen LogP contribution in [0, 0.1) is 34.5 Å². The molecule has 0 aromatic rings. The van der Waals surface area contributed by atoms with Crippen LogP contribution in [-0.4, -0.2) is 70.9 Å². The molecule has 5 N–H and O–H groups in total. The monoisotopic (exact) mass is 615 g/mol. The quantitative estimate of drug-likeness (QED) is 0.173. The zero-order valence-corrected chi connectivity index (χ0v) is 27.5.